The molecular formula is C19H40IN5O2. The number of carbonyl (C=O) groups excluding carboxylic acids is 1. The predicted molar refractivity (Wildman–Crippen MR) is 123 cm³/mol. The number of halogens is 1. The lowest BCUT2D eigenvalue weighted by molar-refractivity contribution is 0.0474. The van der Waals surface area contributed by atoms with E-state index < -0.39 is 17.2 Å². The van der Waals surface area contributed by atoms with E-state index in [1.165, 1.54) is 25.8 Å². The first kappa shape index (κ1) is 26.2. The second-order valence-corrected chi connectivity index (χ2v) is 8.60. The van der Waals surface area contributed by atoms with Crippen molar-refractivity contribution in [3.63, 3.8) is 0 Å². The number of likely N-dealkylation sites (tertiary alicyclic amines) is 1. The fourth-order valence-corrected chi connectivity index (χ4v) is 3.07. The van der Waals surface area contributed by atoms with E-state index in [0.29, 0.717) is 12.6 Å². The van der Waals surface area contributed by atoms with E-state index in [-0.39, 0.29) is 24.0 Å². The minimum Gasteiger partial charge on any atom is -0.444 e. The Morgan fingerprint density at radius 2 is 1.85 bits per heavy atom. The third kappa shape index (κ3) is 11.0. The molecule has 1 fully saturated rings. The quantitative estimate of drug-likeness (QED) is 0.299. The van der Waals surface area contributed by atoms with E-state index >= 15 is 0 Å². The first-order chi connectivity index (χ1) is 12.1. The summed E-state index contributed by atoms with van der Waals surface area (Å²) in [5.41, 5.74) is -0.962. The summed E-state index contributed by atoms with van der Waals surface area (Å²) in [4.78, 5) is 18.8. The standard InChI is InChI=1S/C19H39N5O2.HI/c1-8-24-12-10-9-11-15(24)13-21-16(20-7)22-14-19(5,6)23-17(25)26-18(2,3)4;/h15H,8-14H2,1-7H3,(H,23,25)(H2,20,21,22);1H. The Balaban J connectivity index is 0.00000676. The Bertz CT molecular complexity index is 477. The smallest absolute Gasteiger partial charge is 0.408 e. The minimum atomic E-state index is -0.504. The van der Waals surface area contributed by atoms with Gasteiger partial charge in [-0.1, -0.05) is 13.3 Å². The van der Waals surface area contributed by atoms with Gasteiger partial charge in [-0.15, -0.1) is 24.0 Å². The van der Waals surface area contributed by atoms with Crippen LogP contribution < -0.4 is 16.0 Å². The van der Waals surface area contributed by atoms with E-state index in [2.05, 4.69) is 32.8 Å². The van der Waals surface area contributed by atoms with Gasteiger partial charge in [0.25, 0.3) is 0 Å². The average molecular weight is 497 g/mol. The van der Waals surface area contributed by atoms with Gasteiger partial charge in [0.05, 0.1) is 5.54 Å². The van der Waals surface area contributed by atoms with Gasteiger partial charge in [-0.05, 0) is 60.5 Å². The predicted octanol–water partition coefficient (Wildman–Crippen LogP) is 2.95. The fraction of sp³-hybridized carbons (Fsp3) is 0.895. The van der Waals surface area contributed by atoms with Crippen molar-refractivity contribution >= 4 is 36.0 Å². The number of alkyl carbamates (subject to hydrolysis) is 1. The van der Waals surface area contributed by atoms with Crippen molar-refractivity contribution in [1.82, 2.24) is 20.9 Å². The number of likely N-dealkylation sites (N-methyl/N-ethyl adjacent to an activating group) is 1. The van der Waals surface area contributed by atoms with Crippen LogP contribution in [0.2, 0.25) is 0 Å². The molecule has 1 heterocycles. The highest BCUT2D eigenvalue weighted by Crippen LogP contribution is 2.15. The van der Waals surface area contributed by atoms with Gasteiger partial charge >= 0.3 is 6.09 Å². The van der Waals surface area contributed by atoms with E-state index in [0.717, 1.165) is 19.0 Å². The summed E-state index contributed by atoms with van der Waals surface area (Å²) >= 11 is 0. The Labute approximate surface area is 182 Å². The molecule has 0 saturated carbocycles. The molecule has 1 aliphatic heterocycles. The lowest BCUT2D eigenvalue weighted by Gasteiger charge is -2.35. The topological polar surface area (TPSA) is 78.0 Å². The summed E-state index contributed by atoms with van der Waals surface area (Å²) in [6.07, 6.45) is 3.40. The summed E-state index contributed by atoms with van der Waals surface area (Å²) in [6.45, 7) is 15.4. The average Bonchev–Trinajstić information content (AvgIpc) is 2.52. The lowest BCUT2D eigenvalue weighted by atomic mass is 10.0. The molecule has 1 amide bonds. The molecule has 1 rings (SSSR count). The third-order valence-corrected chi connectivity index (χ3v) is 4.42. The normalized spacial score (nSPS) is 19.1. The first-order valence-electron chi connectivity index (χ1n) is 9.76. The number of hydrogen-bond donors (Lipinski definition) is 3. The maximum absolute atomic E-state index is 12.0. The highest BCUT2D eigenvalue weighted by atomic mass is 127. The SMILES string of the molecule is CCN1CCCCC1CNC(=NC)NCC(C)(C)NC(=O)OC(C)(C)C.I. The molecular weight excluding hydrogens is 457 g/mol. The summed E-state index contributed by atoms with van der Waals surface area (Å²) in [5, 5.41) is 9.62. The highest BCUT2D eigenvalue weighted by molar-refractivity contribution is 14.0. The van der Waals surface area contributed by atoms with Crippen molar-refractivity contribution in [3.05, 3.63) is 0 Å². The molecule has 1 aliphatic rings. The molecule has 1 saturated heterocycles. The van der Waals surface area contributed by atoms with Crippen LogP contribution in [-0.4, -0.2) is 67.4 Å². The number of guanidine groups is 1. The molecule has 0 aromatic heterocycles. The van der Waals surface area contributed by atoms with Crippen molar-refractivity contribution in [2.24, 2.45) is 4.99 Å². The van der Waals surface area contributed by atoms with Gasteiger partial charge in [0, 0.05) is 26.2 Å². The Kier molecular flexibility index (Phi) is 11.6. The van der Waals surface area contributed by atoms with Crippen molar-refractivity contribution in [2.75, 3.05) is 33.2 Å². The van der Waals surface area contributed by atoms with E-state index in [1.807, 2.05) is 34.6 Å². The number of nitrogens with zero attached hydrogens (tertiary/aromatic N) is 2. The number of aliphatic imine (C=N–C) groups is 1. The molecule has 7 nitrogen and oxygen atoms in total. The van der Waals surface area contributed by atoms with Crippen LogP contribution >= 0.6 is 24.0 Å². The maximum atomic E-state index is 12.0. The largest absolute Gasteiger partial charge is 0.444 e. The van der Waals surface area contributed by atoms with Crippen molar-refractivity contribution < 1.29 is 9.53 Å². The second-order valence-electron chi connectivity index (χ2n) is 8.60. The zero-order chi connectivity index (χ0) is 19.8. The molecule has 8 heteroatoms. The first-order valence-corrected chi connectivity index (χ1v) is 9.76. The fourth-order valence-electron chi connectivity index (χ4n) is 3.07. The molecule has 1 unspecified atom stereocenters. The molecule has 0 radical (unpaired) electrons. The summed E-state index contributed by atoms with van der Waals surface area (Å²) in [5.74, 6) is 0.755. The van der Waals surface area contributed by atoms with Crippen LogP contribution in [0.5, 0.6) is 0 Å². The zero-order valence-corrected chi connectivity index (χ0v) is 20.5. The number of carbonyl (C=O) groups is 1. The van der Waals surface area contributed by atoms with E-state index in [1.54, 1.807) is 7.05 Å². The minimum absolute atomic E-state index is 0. The molecule has 0 aromatic carbocycles. The van der Waals surface area contributed by atoms with Crippen LogP contribution in [0.1, 0.15) is 60.8 Å². The monoisotopic (exact) mass is 497 g/mol. The highest BCUT2D eigenvalue weighted by Gasteiger charge is 2.25. The van der Waals surface area contributed by atoms with Gasteiger partial charge in [-0.25, -0.2) is 4.79 Å². The number of piperidine rings is 1. The zero-order valence-electron chi connectivity index (χ0n) is 18.1. The molecule has 27 heavy (non-hydrogen) atoms. The second kappa shape index (κ2) is 11.9. The van der Waals surface area contributed by atoms with Crippen LogP contribution in [0.3, 0.4) is 0 Å². The molecule has 0 aliphatic carbocycles. The van der Waals surface area contributed by atoms with Crippen molar-refractivity contribution in [2.45, 2.75) is 78.0 Å². The molecule has 1 atom stereocenters. The van der Waals surface area contributed by atoms with Crippen LogP contribution in [0, 0.1) is 0 Å². The van der Waals surface area contributed by atoms with Crippen molar-refractivity contribution in [3.8, 4) is 0 Å². The number of amides is 1. The number of rotatable bonds is 6. The van der Waals surface area contributed by atoms with Crippen LogP contribution in [-0.2, 0) is 4.74 Å². The number of hydrogen-bond acceptors (Lipinski definition) is 4. The van der Waals surface area contributed by atoms with Crippen LogP contribution in [0.25, 0.3) is 0 Å². The maximum Gasteiger partial charge on any atom is 0.408 e. The molecule has 0 bridgehead atoms. The van der Waals surface area contributed by atoms with Gasteiger partial charge < -0.3 is 20.7 Å². The van der Waals surface area contributed by atoms with Gasteiger partial charge in [0.1, 0.15) is 5.60 Å². The molecule has 160 valence electrons. The van der Waals surface area contributed by atoms with Gasteiger partial charge in [-0.2, -0.15) is 0 Å². The third-order valence-electron chi connectivity index (χ3n) is 4.42. The van der Waals surface area contributed by atoms with E-state index in [4.69, 9.17) is 4.74 Å². The Morgan fingerprint density at radius 3 is 2.41 bits per heavy atom. The van der Waals surface area contributed by atoms with E-state index in [9.17, 15) is 4.79 Å². The van der Waals surface area contributed by atoms with Gasteiger partial charge in [-0.3, -0.25) is 9.89 Å². The lowest BCUT2D eigenvalue weighted by Crippen LogP contribution is -2.55. The number of ether oxygens (including phenoxy) is 1. The summed E-state index contributed by atoms with van der Waals surface area (Å²) in [6, 6.07) is 0.556. The molecule has 0 spiro atoms. The summed E-state index contributed by atoms with van der Waals surface area (Å²) < 4.78 is 5.33. The van der Waals surface area contributed by atoms with Crippen LogP contribution in [0.15, 0.2) is 4.99 Å². The molecule has 0 aromatic rings. The van der Waals surface area contributed by atoms with Gasteiger partial charge in [0.15, 0.2) is 5.96 Å². The van der Waals surface area contributed by atoms with Gasteiger partial charge in [0.2, 0.25) is 0 Å². The Morgan fingerprint density at radius 1 is 1.19 bits per heavy atom. The number of nitrogens with one attached hydrogen (secondary N) is 3. The Hall–Kier alpha value is -0.770. The van der Waals surface area contributed by atoms with Crippen LogP contribution in [0.4, 0.5) is 4.79 Å². The molecule has 3 N–H and O–H groups in total. The summed E-state index contributed by atoms with van der Waals surface area (Å²) in [7, 11) is 1.77. The van der Waals surface area contributed by atoms with Crippen molar-refractivity contribution in [1.29, 1.82) is 0 Å².